The van der Waals surface area contributed by atoms with Gasteiger partial charge in [0.2, 0.25) is 0 Å². The molecular formula is C15H27NO2. The van der Waals surface area contributed by atoms with Gasteiger partial charge >= 0.3 is 5.97 Å². The van der Waals surface area contributed by atoms with Crippen molar-refractivity contribution in [3.05, 3.63) is 0 Å². The summed E-state index contributed by atoms with van der Waals surface area (Å²) in [7, 11) is 0. The molecule has 2 rings (SSSR count). The number of carbonyl (C=O) groups is 1. The van der Waals surface area contributed by atoms with Gasteiger partial charge in [-0.25, -0.2) is 0 Å². The van der Waals surface area contributed by atoms with Crippen LogP contribution >= 0.6 is 0 Å². The Morgan fingerprint density at radius 1 is 1.22 bits per heavy atom. The molecule has 1 saturated carbocycles. The van der Waals surface area contributed by atoms with Crippen molar-refractivity contribution < 1.29 is 9.53 Å². The van der Waals surface area contributed by atoms with Gasteiger partial charge in [-0.15, -0.1) is 0 Å². The van der Waals surface area contributed by atoms with E-state index in [-0.39, 0.29) is 5.97 Å². The first kappa shape index (κ1) is 13.9. The Labute approximate surface area is 111 Å². The Morgan fingerprint density at radius 3 is 2.61 bits per heavy atom. The molecule has 0 amide bonds. The molecule has 2 fully saturated rings. The molecule has 0 aromatic rings. The fourth-order valence-corrected chi connectivity index (χ4v) is 3.34. The summed E-state index contributed by atoms with van der Waals surface area (Å²) in [6, 6.07) is 0. The minimum atomic E-state index is -0.0253. The minimum absolute atomic E-state index is 0.0253. The van der Waals surface area contributed by atoms with Gasteiger partial charge < -0.3 is 4.74 Å². The van der Waals surface area contributed by atoms with E-state index in [1.807, 2.05) is 0 Å². The van der Waals surface area contributed by atoms with E-state index in [1.165, 1.54) is 32.1 Å². The number of likely N-dealkylation sites (tertiary alicyclic amines) is 1. The van der Waals surface area contributed by atoms with Crippen molar-refractivity contribution >= 4 is 5.97 Å². The third kappa shape index (κ3) is 3.98. The van der Waals surface area contributed by atoms with Crippen molar-refractivity contribution in [3.8, 4) is 0 Å². The number of hydrogen-bond acceptors (Lipinski definition) is 3. The minimum Gasteiger partial charge on any atom is -0.464 e. The average Bonchev–Trinajstić information content (AvgIpc) is 2.80. The van der Waals surface area contributed by atoms with E-state index < -0.39 is 0 Å². The Bertz CT molecular complexity index is 274. The molecule has 0 radical (unpaired) electrons. The van der Waals surface area contributed by atoms with Gasteiger partial charge in [0.25, 0.3) is 0 Å². The molecule has 0 aromatic heterocycles. The molecule has 1 saturated heterocycles. The Balaban J connectivity index is 1.65. The zero-order valence-electron chi connectivity index (χ0n) is 11.9. The van der Waals surface area contributed by atoms with Crippen LogP contribution in [0.4, 0.5) is 0 Å². The molecule has 3 nitrogen and oxygen atoms in total. The first-order valence-corrected chi connectivity index (χ1v) is 7.53. The molecule has 18 heavy (non-hydrogen) atoms. The van der Waals surface area contributed by atoms with Gasteiger partial charge in [0, 0.05) is 0 Å². The van der Waals surface area contributed by atoms with E-state index >= 15 is 0 Å². The van der Waals surface area contributed by atoms with Gasteiger partial charge in [0.05, 0.1) is 13.2 Å². The molecule has 0 bridgehead atoms. The van der Waals surface area contributed by atoms with Crippen molar-refractivity contribution in [1.29, 1.82) is 0 Å². The lowest BCUT2D eigenvalue weighted by molar-refractivity contribution is -0.147. The van der Waals surface area contributed by atoms with Gasteiger partial charge in [-0.1, -0.05) is 20.3 Å². The van der Waals surface area contributed by atoms with Crippen LogP contribution in [-0.2, 0) is 9.53 Å². The highest BCUT2D eigenvalue weighted by atomic mass is 16.5. The van der Waals surface area contributed by atoms with Crippen molar-refractivity contribution in [2.24, 2.45) is 17.8 Å². The highest BCUT2D eigenvalue weighted by Crippen LogP contribution is 2.33. The molecule has 3 atom stereocenters. The van der Waals surface area contributed by atoms with Crippen LogP contribution in [0.2, 0.25) is 0 Å². The van der Waals surface area contributed by atoms with E-state index in [0.717, 1.165) is 19.0 Å². The smallest absolute Gasteiger partial charge is 0.320 e. The summed E-state index contributed by atoms with van der Waals surface area (Å²) in [5.41, 5.74) is 0. The van der Waals surface area contributed by atoms with Crippen molar-refractivity contribution in [2.75, 3.05) is 26.2 Å². The van der Waals surface area contributed by atoms with Crippen LogP contribution < -0.4 is 0 Å². The van der Waals surface area contributed by atoms with Gasteiger partial charge in [0.1, 0.15) is 0 Å². The first-order chi connectivity index (χ1) is 8.65. The molecule has 1 aliphatic carbocycles. The largest absolute Gasteiger partial charge is 0.464 e. The number of esters is 1. The molecule has 0 unspecified atom stereocenters. The number of carbonyl (C=O) groups excluding carboxylic acids is 1. The average molecular weight is 253 g/mol. The van der Waals surface area contributed by atoms with Crippen molar-refractivity contribution in [1.82, 2.24) is 4.90 Å². The van der Waals surface area contributed by atoms with Crippen LogP contribution in [0.25, 0.3) is 0 Å². The summed E-state index contributed by atoms with van der Waals surface area (Å²) in [5, 5.41) is 0. The number of ether oxygens (including phenoxy) is 1. The van der Waals surface area contributed by atoms with Gasteiger partial charge in [-0.3, -0.25) is 9.69 Å². The maximum Gasteiger partial charge on any atom is 0.320 e. The monoisotopic (exact) mass is 253 g/mol. The van der Waals surface area contributed by atoms with Crippen LogP contribution in [0.5, 0.6) is 0 Å². The first-order valence-electron chi connectivity index (χ1n) is 7.53. The number of nitrogens with zero attached hydrogens (tertiary/aromatic N) is 1. The summed E-state index contributed by atoms with van der Waals surface area (Å²) in [6.07, 6.45) is 6.25. The molecular weight excluding hydrogens is 226 g/mol. The topological polar surface area (TPSA) is 29.5 Å². The predicted molar refractivity (Wildman–Crippen MR) is 72.3 cm³/mol. The van der Waals surface area contributed by atoms with E-state index in [9.17, 15) is 4.79 Å². The lowest BCUT2D eigenvalue weighted by Gasteiger charge is -2.32. The summed E-state index contributed by atoms with van der Waals surface area (Å²) in [4.78, 5) is 14.0. The maximum atomic E-state index is 11.7. The second-order valence-electron chi connectivity index (χ2n) is 6.32. The molecule has 0 spiro atoms. The standard InChI is InChI=1S/C15H27NO2/c1-12-5-6-14(13(2)9-12)11-18-15(17)10-16-7-3-4-8-16/h12-14H,3-11H2,1-2H3/t12-,13+,14+/m0/s1. The van der Waals surface area contributed by atoms with Crippen LogP contribution in [0, 0.1) is 17.8 Å². The highest BCUT2D eigenvalue weighted by molar-refractivity contribution is 5.71. The lowest BCUT2D eigenvalue weighted by atomic mass is 9.76. The fraction of sp³-hybridized carbons (Fsp3) is 0.933. The lowest BCUT2D eigenvalue weighted by Crippen LogP contribution is -2.31. The van der Waals surface area contributed by atoms with Crippen LogP contribution in [0.1, 0.15) is 46.0 Å². The summed E-state index contributed by atoms with van der Waals surface area (Å²) in [5.74, 6) is 2.11. The van der Waals surface area contributed by atoms with Crippen LogP contribution in [-0.4, -0.2) is 37.1 Å². The maximum absolute atomic E-state index is 11.7. The SMILES string of the molecule is C[C@H]1CC[C@H](COC(=O)CN2CCCC2)[C@H](C)C1. The van der Waals surface area contributed by atoms with Gasteiger partial charge in [-0.05, 0) is 56.5 Å². The highest BCUT2D eigenvalue weighted by Gasteiger charge is 2.26. The van der Waals surface area contributed by atoms with Crippen LogP contribution in [0.3, 0.4) is 0 Å². The van der Waals surface area contributed by atoms with E-state index in [4.69, 9.17) is 4.74 Å². The van der Waals surface area contributed by atoms with Crippen molar-refractivity contribution in [2.45, 2.75) is 46.0 Å². The van der Waals surface area contributed by atoms with Crippen LogP contribution in [0.15, 0.2) is 0 Å². The molecule has 104 valence electrons. The Morgan fingerprint density at radius 2 is 1.94 bits per heavy atom. The quantitative estimate of drug-likeness (QED) is 0.721. The van der Waals surface area contributed by atoms with Gasteiger partial charge in [0.15, 0.2) is 0 Å². The molecule has 2 aliphatic rings. The summed E-state index contributed by atoms with van der Waals surface area (Å²) < 4.78 is 5.47. The van der Waals surface area contributed by atoms with Crippen molar-refractivity contribution in [3.63, 3.8) is 0 Å². The molecule has 1 heterocycles. The van der Waals surface area contributed by atoms with E-state index in [0.29, 0.717) is 25.0 Å². The number of hydrogen-bond donors (Lipinski definition) is 0. The molecule has 0 N–H and O–H groups in total. The Kier molecular flexibility index (Phi) is 5.04. The number of rotatable bonds is 4. The molecule has 1 aliphatic heterocycles. The summed E-state index contributed by atoms with van der Waals surface area (Å²) >= 11 is 0. The summed E-state index contributed by atoms with van der Waals surface area (Å²) in [6.45, 7) is 7.89. The zero-order chi connectivity index (χ0) is 13.0. The van der Waals surface area contributed by atoms with E-state index in [2.05, 4.69) is 18.7 Å². The third-order valence-electron chi connectivity index (χ3n) is 4.62. The second-order valence-corrected chi connectivity index (χ2v) is 6.32. The Hall–Kier alpha value is -0.570. The third-order valence-corrected chi connectivity index (χ3v) is 4.62. The van der Waals surface area contributed by atoms with E-state index in [1.54, 1.807) is 0 Å². The normalized spacial score (nSPS) is 33.6. The predicted octanol–water partition coefficient (Wildman–Crippen LogP) is 2.70. The second kappa shape index (κ2) is 6.55. The zero-order valence-corrected chi connectivity index (χ0v) is 11.9. The van der Waals surface area contributed by atoms with Gasteiger partial charge in [-0.2, -0.15) is 0 Å². The fourth-order valence-electron chi connectivity index (χ4n) is 3.34. The molecule has 3 heteroatoms. The molecule has 0 aromatic carbocycles.